The molecule has 212 valence electrons. The first-order valence-corrected chi connectivity index (χ1v) is 14.5. The Morgan fingerprint density at radius 2 is 1.76 bits per heavy atom. The molecule has 37 heavy (non-hydrogen) atoms. The van der Waals surface area contributed by atoms with E-state index in [9.17, 15) is 4.79 Å². The van der Waals surface area contributed by atoms with E-state index in [2.05, 4.69) is 26.1 Å². The van der Waals surface area contributed by atoms with Crippen LogP contribution in [0.25, 0.3) is 0 Å². The van der Waals surface area contributed by atoms with Gasteiger partial charge in [-0.15, -0.1) is 0 Å². The highest BCUT2D eigenvalue weighted by atomic mass is 16.6. The van der Waals surface area contributed by atoms with Gasteiger partial charge < -0.3 is 34.7 Å². The van der Waals surface area contributed by atoms with Crippen LogP contribution < -0.4 is 15.3 Å². The SMILES string of the molecule is CCCC[NH+](CCCC)CCCNCC1C(=O)OC2CC3(C)CCCC4(CO4)C3CC21.O=C([O-])C(=O)O. The summed E-state index contributed by atoms with van der Waals surface area (Å²) in [6.45, 7) is 13.6. The summed E-state index contributed by atoms with van der Waals surface area (Å²) >= 11 is 0. The Kier molecular flexibility index (Phi) is 10.8. The summed E-state index contributed by atoms with van der Waals surface area (Å²) in [5, 5.41) is 19.9. The van der Waals surface area contributed by atoms with Crippen LogP contribution in [0, 0.1) is 23.2 Å². The van der Waals surface area contributed by atoms with Crippen LogP contribution in [0.1, 0.15) is 85.0 Å². The first-order valence-electron chi connectivity index (χ1n) is 14.5. The molecule has 0 radical (unpaired) electrons. The van der Waals surface area contributed by atoms with Crippen molar-refractivity contribution in [3.8, 4) is 0 Å². The number of rotatable bonds is 12. The molecular formula is C28H48N2O7. The molecule has 2 aliphatic heterocycles. The minimum Gasteiger partial charge on any atom is -0.539 e. The van der Waals surface area contributed by atoms with Gasteiger partial charge >= 0.3 is 11.9 Å². The molecule has 0 bridgehead atoms. The Balaban J connectivity index is 0.000000568. The Hall–Kier alpha value is -1.71. The second-order valence-corrected chi connectivity index (χ2v) is 12.0. The molecule has 4 aliphatic rings. The molecule has 0 amide bonds. The van der Waals surface area contributed by atoms with Gasteiger partial charge in [0.2, 0.25) is 0 Å². The maximum atomic E-state index is 12.7. The zero-order chi connectivity index (χ0) is 27.1. The smallest absolute Gasteiger partial charge is 0.351 e. The van der Waals surface area contributed by atoms with Gasteiger partial charge in [-0.3, -0.25) is 4.79 Å². The van der Waals surface area contributed by atoms with Gasteiger partial charge in [-0.25, -0.2) is 4.79 Å². The Morgan fingerprint density at radius 3 is 2.32 bits per heavy atom. The maximum absolute atomic E-state index is 12.7. The molecule has 0 aromatic carbocycles. The summed E-state index contributed by atoms with van der Waals surface area (Å²) in [5.41, 5.74) is 0.437. The summed E-state index contributed by atoms with van der Waals surface area (Å²) in [6.07, 6.45) is 12.5. The number of nitrogens with one attached hydrogen (secondary N) is 2. The highest BCUT2D eigenvalue weighted by Crippen LogP contribution is 2.62. The van der Waals surface area contributed by atoms with E-state index in [1.807, 2.05) is 0 Å². The first-order chi connectivity index (χ1) is 17.7. The molecule has 2 heterocycles. The number of hydrogen-bond donors (Lipinski definition) is 3. The average molecular weight is 525 g/mol. The van der Waals surface area contributed by atoms with Crippen molar-refractivity contribution < 1.29 is 39.0 Å². The molecule has 1 spiro atoms. The van der Waals surface area contributed by atoms with Crippen molar-refractivity contribution in [2.45, 2.75) is 96.7 Å². The molecule has 6 atom stereocenters. The molecule has 0 aromatic rings. The lowest BCUT2D eigenvalue weighted by atomic mass is 9.53. The number of carboxylic acids is 2. The van der Waals surface area contributed by atoms with Gasteiger partial charge in [0.05, 0.1) is 37.8 Å². The van der Waals surface area contributed by atoms with Gasteiger partial charge in [0.15, 0.2) is 5.97 Å². The molecule has 4 fully saturated rings. The van der Waals surface area contributed by atoms with E-state index in [-0.39, 0.29) is 23.6 Å². The number of carbonyl (C=O) groups excluding carboxylic acids is 2. The minimum atomic E-state index is -2.07. The molecule has 4 rings (SSSR count). The molecule has 6 unspecified atom stereocenters. The van der Waals surface area contributed by atoms with Gasteiger partial charge in [-0.1, -0.05) is 33.6 Å². The minimum absolute atomic E-state index is 0.0379. The van der Waals surface area contributed by atoms with E-state index in [0.717, 1.165) is 32.5 Å². The molecule has 2 saturated carbocycles. The largest absolute Gasteiger partial charge is 0.539 e. The summed E-state index contributed by atoms with van der Waals surface area (Å²) in [6, 6.07) is 0. The van der Waals surface area contributed by atoms with Crippen molar-refractivity contribution >= 4 is 17.9 Å². The Morgan fingerprint density at radius 1 is 1.14 bits per heavy atom. The highest BCUT2D eigenvalue weighted by Gasteiger charge is 2.64. The zero-order valence-electron chi connectivity index (χ0n) is 23.0. The monoisotopic (exact) mass is 524 g/mol. The van der Waals surface area contributed by atoms with Crippen LogP contribution >= 0.6 is 0 Å². The van der Waals surface area contributed by atoms with Gasteiger partial charge in [-0.05, 0) is 56.3 Å². The third-order valence-electron chi connectivity index (χ3n) is 9.27. The number of unbranched alkanes of at least 4 members (excludes halogenated alkanes) is 2. The fraction of sp³-hybridized carbons (Fsp3) is 0.893. The number of quaternary nitrogens is 1. The van der Waals surface area contributed by atoms with E-state index in [1.165, 1.54) is 71.0 Å². The average Bonchev–Trinajstić information content (AvgIpc) is 3.55. The number of fused-ring (bicyclic) bond motifs is 3. The quantitative estimate of drug-likeness (QED) is 0.148. The molecule has 2 aliphatic carbocycles. The van der Waals surface area contributed by atoms with Gasteiger partial charge in [0, 0.05) is 25.4 Å². The third-order valence-corrected chi connectivity index (χ3v) is 9.27. The molecule has 2 saturated heterocycles. The van der Waals surface area contributed by atoms with Crippen molar-refractivity contribution in [3.05, 3.63) is 0 Å². The second-order valence-electron chi connectivity index (χ2n) is 12.0. The van der Waals surface area contributed by atoms with Gasteiger partial charge in [0.25, 0.3) is 0 Å². The number of carbonyl (C=O) groups is 3. The van der Waals surface area contributed by atoms with Crippen LogP contribution in [0.2, 0.25) is 0 Å². The van der Waals surface area contributed by atoms with E-state index in [0.29, 0.717) is 17.3 Å². The Labute approximate surface area is 221 Å². The normalized spacial score (nSPS) is 33.8. The molecule has 3 N–H and O–H groups in total. The van der Waals surface area contributed by atoms with Crippen LogP contribution in [-0.2, 0) is 23.9 Å². The fourth-order valence-electron chi connectivity index (χ4n) is 7.14. The summed E-state index contributed by atoms with van der Waals surface area (Å²) in [5.74, 6) is -2.93. The zero-order valence-corrected chi connectivity index (χ0v) is 23.0. The number of ether oxygens (including phenoxy) is 2. The standard InChI is InChI=1S/C26H46N2O3.C2H2O4/c1-4-6-13-28(14-7-5-2)15-9-12-27-18-21-20-16-23-25(3,17-22(20)31-24(21)29)10-8-11-26(23)19-30-26;3-1(4)2(5)6/h20-23,27H,4-19H2,1-3H3;(H,3,4)(H,5,6). The molecule has 9 heteroatoms. The summed E-state index contributed by atoms with van der Waals surface area (Å²) < 4.78 is 12.0. The van der Waals surface area contributed by atoms with Crippen molar-refractivity contribution in [1.82, 2.24) is 5.32 Å². The van der Waals surface area contributed by atoms with Crippen LogP contribution in [0.4, 0.5) is 0 Å². The van der Waals surface area contributed by atoms with Crippen molar-refractivity contribution in [1.29, 1.82) is 0 Å². The lowest BCUT2D eigenvalue weighted by Crippen LogP contribution is -3.12. The Bertz CT molecular complexity index is 766. The van der Waals surface area contributed by atoms with E-state index in [4.69, 9.17) is 29.3 Å². The third kappa shape index (κ3) is 7.67. The van der Waals surface area contributed by atoms with E-state index in [1.54, 1.807) is 4.90 Å². The highest BCUT2D eigenvalue weighted by molar-refractivity contribution is 6.26. The van der Waals surface area contributed by atoms with Crippen LogP contribution in [-0.4, -0.2) is 74.1 Å². The predicted molar refractivity (Wildman–Crippen MR) is 136 cm³/mol. The summed E-state index contributed by atoms with van der Waals surface area (Å²) in [4.78, 5) is 32.5. The van der Waals surface area contributed by atoms with E-state index < -0.39 is 11.9 Å². The number of aliphatic carboxylic acids is 2. The van der Waals surface area contributed by atoms with Crippen molar-refractivity contribution in [2.24, 2.45) is 23.2 Å². The number of carboxylic acid groups (broad SMARTS) is 2. The van der Waals surface area contributed by atoms with Crippen molar-refractivity contribution in [2.75, 3.05) is 39.3 Å². The first kappa shape index (κ1) is 29.8. The summed E-state index contributed by atoms with van der Waals surface area (Å²) in [7, 11) is 0. The number of epoxide rings is 1. The van der Waals surface area contributed by atoms with Crippen molar-refractivity contribution in [3.63, 3.8) is 0 Å². The molecular weight excluding hydrogens is 476 g/mol. The molecule has 0 aromatic heterocycles. The number of esters is 1. The van der Waals surface area contributed by atoms with Crippen LogP contribution in [0.15, 0.2) is 0 Å². The maximum Gasteiger partial charge on any atom is 0.351 e. The van der Waals surface area contributed by atoms with E-state index >= 15 is 0 Å². The lowest BCUT2D eigenvalue weighted by Gasteiger charge is -2.51. The van der Waals surface area contributed by atoms with Gasteiger partial charge in [-0.2, -0.15) is 0 Å². The van der Waals surface area contributed by atoms with Crippen LogP contribution in [0.3, 0.4) is 0 Å². The topological polar surface area (TPSA) is 133 Å². The predicted octanol–water partition coefficient (Wildman–Crippen LogP) is 0.799. The van der Waals surface area contributed by atoms with Crippen LogP contribution in [0.5, 0.6) is 0 Å². The fourth-order valence-corrected chi connectivity index (χ4v) is 7.14. The second kappa shape index (κ2) is 13.4. The number of hydrogen-bond acceptors (Lipinski definition) is 7. The molecule has 9 nitrogen and oxygen atoms in total. The van der Waals surface area contributed by atoms with Gasteiger partial charge in [0.1, 0.15) is 6.10 Å². The lowest BCUT2D eigenvalue weighted by molar-refractivity contribution is -0.900.